The number of benzene rings is 2. The van der Waals surface area contributed by atoms with Crippen molar-refractivity contribution in [3.8, 4) is 5.75 Å². The monoisotopic (exact) mass is 445 g/mol. The number of thioether (sulfide) groups is 1. The van der Waals surface area contributed by atoms with Gasteiger partial charge in [0.2, 0.25) is 5.91 Å². The molecule has 0 aromatic heterocycles. The van der Waals surface area contributed by atoms with Crippen LogP contribution in [0.25, 0.3) is 6.08 Å². The maximum Gasteiger partial charge on any atom is 0.294 e. The van der Waals surface area contributed by atoms with Gasteiger partial charge >= 0.3 is 0 Å². The van der Waals surface area contributed by atoms with Gasteiger partial charge in [-0.05, 0) is 53.7 Å². The fourth-order valence-electron chi connectivity index (χ4n) is 2.74. The quantitative estimate of drug-likeness (QED) is 0.675. The van der Waals surface area contributed by atoms with E-state index in [4.69, 9.17) is 16.3 Å². The summed E-state index contributed by atoms with van der Waals surface area (Å²) >= 11 is 6.86. The van der Waals surface area contributed by atoms with Crippen LogP contribution in [-0.2, 0) is 9.59 Å². The fraction of sp³-hybridized carbons (Fsp3) is 0.190. The molecule has 0 saturated carbocycles. The van der Waals surface area contributed by atoms with E-state index in [-0.39, 0.29) is 11.4 Å². The van der Waals surface area contributed by atoms with Gasteiger partial charge in [-0.1, -0.05) is 23.7 Å². The molecule has 0 aliphatic carbocycles. The minimum Gasteiger partial charge on any atom is -0.495 e. The largest absolute Gasteiger partial charge is 0.495 e. The number of rotatable bonds is 6. The molecule has 1 N–H and O–H groups in total. The summed E-state index contributed by atoms with van der Waals surface area (Å²) in [5, 5.41) is 2.48. The van der Waals surface area contributed by atoms with Crippen molar-refractivity contribution in [2.45, 2.75) is 0 Å². The Bertz CT molecular complexity index is 1020. The van der Waals surface area contributed by atoms with Gasteiger partial charge in [-0.15, -0.1) is 0 Å². The topological polar surface area (TPSA) is 79.0 Å². The molecule has 1 aliphatic rings. The molecule has 9 heteroatoms. The Labute approximate surface area is 183 Å². The van der Waals surface area contributed by atoms with Gasteiger partial charge in [0.05, 0.1) is 17.0 Å². The summed E-state index contributed by atoms with van der Waals surface area (Å²) < 4.78 is 5.07. The number of methoxy groups -OCH3 is 1. The van der Waals surface area contributed by atoms with Crippen LogP contribution in [0.1, 0.15) is 5.56 Å². The molecule has 1 aliphatic heterocycles. The van der Waals surface area contributed by atoms with Crippen LogP contribution >= 0.6 is 23.4 Å². The average molecular weight is 446 g/mol. The van der Waals surface area contributed by atoms with E-state index in [1.165, 1.54) is 13.2 Å². The second-order valence-electron chi connectivity index (χ2n) is 6.65. The Morgan fingerprint density at radius 1 is 1.20 bits per heavy atom. The number of carbonyl (C=O) groups is 3. The van der Waals surface area contributed by atoms with Crippen molar-refractivity contribution in [3.05, 3.63) is 58.0 Å². The van der Waals surface area contributed by atoms with Crippen molar-refractivity contribution in [3.63, 3.8) is 0 Å². The molecule has 30 heavy (non-hydrogen) atoms. The number of hydrogen-bond donors (Lipinski definition) is 1. The number of imide groups is 1. The van der Waals surface area contributed by atoms with E-state index in [1.807, 2.05) is 43.3 Å². The number of ether oxygens (including phenoxy) is 1. The van der Waals surface area contributed by atoms with Crippen molar-refractivity contribution in [1.29, 1.82) is 0 Å². The standard InChI is InChI=1S/C21H20ClN3O4S/c1-24(2)15-7-4-13(5-8-15)10-18-20(27)25(21(28)30-18)12-19(26)23-14-6-9-17(29-3)16(22)11-14/h4-11H,12H2,1-3H3,(H,23,26). The number of nitrogens with one attached hydrogen (secondary N) is 1. The average Bonchev–Trinajstić information content (AvgIpc) is 2.96. The first kappa shape index (κ1) is 21.7. The number of nitrogens with zero attached hydrogens (tertiary/aromatic N) is 2. The van der Waals surface area contributed by atoms with Gasteiger partial charge in [0, 0.05) is 25.5 Å². The molecule has 0 unspecified atom stereocenters. The SMILES string of the molecule is COc1ccc(NC(=O)CN2C(=O)SC(=Cc3ccc(N(C)C)cc3)C2=O)cc1Cl. The highest BCUT2D eigenvalue weighted by Gasteiger charge is 2.36. The highest BCUT2D eigenvalue weighted by Crippen LogP contribution is 2.32. The summed E-state index contributed by atoms with van der Waals surface area (Å²) in [6, 6.07) is 12.3. The van der Waals surface area contributed by atoms with Gasteiger partial charge in [-0.25, -0.2) is 0 Å². The summed E-state index contributed by atoms with van der Waals surface area (Å²) in [7, 11) is 5.36. The number of anilines is 2. The molecule has 7 nitrogen and oxygen atoms in total. The zero-order chi connectivity index (χ0) is 21.8. The van der Waals surface area contributed by atoms with Crippen LogP contribution in [0.3, 0.4) is 0 Å². The molecule has 156 valence electrons. The van der Waals surface area contributed by atoms with Gasteiger partial charge in [0.1, 0.15) is 12.3 Å². The maximum atomic E-state index is 12.6. The van der Waals surface area contributed by atoms with E-state index in [9.17, 15) is 14.4 Å². The van der Waals surface area contributed by atoms with E-state index in [0.29, 0.717) is 16.5 Å². The van der Waals surface area contributed by atoms with Crippen LogP contribution in [0.4, 0.5) is 16.2 Å². The fourth-order valence-corrected chi connectivity index (χ4v) is 3.84. The van der Waals surface area contributed by atoms with Gasteiger partial charge in [0.15, 0.2) is 0 Å². The Morgan fingerprint density at radius 3 is 2.50 bits per heavy atom. The van der Waals surface area contributed by atoms with Crippen LogP contribution in [-0.4, -0.2) is 49.7 Å². The van der Waals surface area contributed by atoms with Crippen LogP contribution < -0.4 is 15.0 Å². The molecule has 2 aromatic carbocycles. The summed E-state index contributed by atoms with van der Waals surface area (Å²) in [4.78, 5) is 40.4. The van der Waals surface area contributed by atoms with E-state index in [2.05, 4.69) is 5.32 Å². The minimum atomic E-state index is -0.505. The second-order valence-corrected chi connectivity index (χ2v) is 8.05. The van der Waals surface area contributed by atoms with Crippen LogP contribution in [0.5, 0.6) is 5.75 Å². The van der Waals surface area contributed by atoms with E-state index < -0.39 is 17.1 Å². The number of carbonyl (C=O) groups excluding carboxylic acids is 3. The third kappa shape index (κ3) is 4.95. The first-order valence-electron chi connectivity index (χ1n) is 8.94. The summed E-state index contributed by atoms with van der Waals surface area (Å²) in [6.45, 7) is -0.384. The predicted molar refractivity (Wildman–Crippen MR) is 120 cm³/mol. The van der Waals surface area contributed by atoms with Crippen LogP contribution in [0.2, 0.25) is 5.02 Å². The Hall–Kier alpha value is -2.97. The number of halogens is 1. The molecule has 1 fully saturated rings. The molecule has 3 rings (SSSR count). The smallest absolute Gasteiger partial charge is 0.294 e. The molecule has 1 heterocycles. The first-order chi connectivity index (χ1) is 14.3. The van der Waals surface area contributed by atoms with E-state index >= 15 is 0 Å². The molecule has 2 aromatic rings. The lowest BCUT2D eigenvalue weighted by atomic mass is 10.2. The van der Waals surface area contributed by atoms with E-state index in [1.54, 1.807) is 18.2 Å². The summed E-state index contributed by atoms with van der Waals surface area (Å²) in [5.41, 5.74) is 2.26. The van der Waals surface area contributed by atoms with Gasteiger partial charge < -0.3 is 15.0 Å². The van der Waals surface area contributed by atoms with Gasteiger partial charge in [-0.2, -0.15) is 0 Å². The highest BCUT2D eigenvalue weighted by atomic mass is 35.5. The molecule has 0 bridgehead atoms. The lowest BCUT2D eigenvalue weighted by Gasteiger charge is -2.13. The minimum absolute atomic E-state index is 0.276. The van der Waals surface area contributed by atoms with Crippen LogP contribution in [0.15, 0.2) is 47.4 Å². The molecule has 0 atom stereocenters. The van der Waals surface area contributed by atoms with Gasteiger partial charge in [-0.3, -0.25) is 19.3 Å². The second kappa shape index (κ2) is 9.23. The Kier molecular flexibility index (Phi) is 6.69. The van der Waals surface area contributed by atoms with Crippen molar-refractivity contribution in [1.82, 2.24) is 4.90 Å². The molecule has 1 saturated heterocycles. The molecule has 0 spiro atoms. The van der Waals surface area contributed by atoms with E-state index in [0.717, 1.165) is 27.9 Å². The third-order valence-electron chi connectivity index (χ3n) is 4.32. The highest BCUT2D eigenvalue weighted by molar-refractivity contribution is 8.18. The first-order valence-corrected chi connectivity index (χ1v) is 10.1. The molecular weight excluding hydrogens is 426 g/mol. The van der Waals surface area contributed by atoms with Crippen molar-refractivity contribution < 1.29 is 19.1 Å². The van der Waals surface area contributed by atoms with Crippen molar-refractivity contribution >= 4 is 57.9 Å². The van der Waals surface area contributed by atoms with Crippen molar-refractivity contribution in [2.75, 3.05) is 38.0 Å². The van der Waals surface area contributed by atoms with Crippen molar-refractivity contribution in [2.24, 2.45) is 0 Å². The zero-order valence-corrected chi connectivity index (χ0v) is 18.2. The lowest BCUT2D eigenvalue weighted by Crippen LogP contribution is -2.36. The normalized spacial score (nSPS) is 14.9. The third-order valence-corrected chi connectivity index (χ3v) is 5.52. The number of amides is 3. The summed E-state index contributed by atoms with van der Waals surface area (Å²) in [6.07, 6.45) is 1.64. The lowest BCUT2D eigenvalue weighted by molar-refractivity contribution is -0.127. The van der Waals surface area contributed by atoms with Gasteiger partial charge in [0.25, 0.3) is 11.1 Å². The summed E-state index contributed by atoms with van der Waals surface area (Å²) in [5.74, 6) is -0.524. The Morgan fingerprint density at radius 2 is 1.90 bits per heavy atom. The molecule has 0 radical (unpaired) electrons. The van der Waals surface area contributed by atoms with Crippen LogP contribution in [0, 0.1) is 0 Å². The molecular formula is C21H20ClN3O4S. The zero-order valence-electron chi connectivity index (χ0n) is 16.6. The Balaban J connectivity index is 1.67. The number of hydrogen-bond acceptors (Lipinski definition) is 6. The predicted octanol–water partition coefficient (Wildman–Crippen LogP) is 4.09. The molecule has 3 amide bonds. The maximum absolute atomic E-state index is 12.6.